The third-order valence-electron chi connectivity index (χ3n) is 2.80. The van der Waals surface area contributed by atoms with Crippen molar-refractivity contribution < 1.29 is 4.42 Å². The van der Waals surface area contributed by atoms with Crippen molar-refractivity contribution in [3.63, 3.8) is 0 Å². The molecule has 1 aromatic rings. The average molecular weight is 230 g/mol. The van der Waals surface area contributed by atoms with Crippen LogP contribution in [0.15, 0.2) is 21.2 Å². The van der Waals surface area contributed by atoms with Crippen LogP contribution in [-0.2, 0) is 0 Å². The van der Waals surface area contributed by atoms with Crippen LogP contribution in [0.4, 0.5) is 0 Å². The molecular formula is C9H12BrNO. The molecule has 1 heterocycles. The summed E-state index contributed by atoms with van der Waals surface area (Å²) in [4.78, 5) is 0. The number of furan rings is 1. The number of hydrogen-bond donors (Lipinski definition) is 1. The zero-order valence-corrected chi connectivity index (χ0v) is 8.76. The Morgan fingerprint density at radius 3 is 2.50 bits per heavy atom. The van der Waals surface area contributed by atoms with Crippen LogP contribution in [-0.4, -0.2) is 6.04 Å². The van der Waals surface area contributed by atoms with E-state index in [1.165, 1.54) is 0 Å². The average Bonchev–Trinajstić information content (AvgIpc) is 2.38. The van der Waals surface area contributed by atoms with Gasteiger partial charge in [-0.05, 0) is 27.4 Å². The summed E-state index contributed by atoms with van der Waals surface area (Å²) >= 11 is 3.35. The first-order valence-corrected chi connectivity index (χ1v) is 4.82. The van der Waals surface area contributed by atoms with Gasteiger partial charge in [0.2, 0.25) is 0 Å². The molecule has 1 aliphatic carbocycles. The van der Waals surface area contributed by atoms with Gasteiger partial charge >= 0.3 is 0 Å². The minimum absolute atomic E-state index is 0.206. The van der Waals surface area contributed by atoms with Crippen molar-refractivity contribution in [2.75, 3.05) is 0 Å². The molecule has 0 amide bonds. The smallest absolute Gasteiger partial charge is 0.110 e. The van der Waals surface area contributed by atoms with Crippen molar-refractivity contribution in [3.05, 3.63) is 22.6 Å². The molecule has 1 aromatic heterocycles. The van der Waals surface area contributed by atoms with Crippen molar-refractivity contribution in [1.82, 2.24) is 0 Å². The van der Waals surface area contributed by atoms with Crippen LogP contribution in [0.3, 0.4) is 0 Å². The van der Waals surface area contributed by atoms with Crippen LogP contribution in [0.1, 0.15) is 25.5 Å². The lowest BCUT2D eigenvalue weighted by Crippen LogP contribution is -2.06. The van der Waals surface area contributed by atoms with E-state index in [2.05, 4.69) is 29.8 Å². The van der Waals surface area contributed by atoms with E-state index in [-0.39, 0.29) is 11.5 Å². The Hall–Kier alpha value is -0.280. The van der Waals surface area contributed by atoms with Gasteiger partial charge in [-0.25, -0.2) is 0 Å². The summed E-state index contributed by atoms with van der Waals surface area (Å²) in [5.41, 5.74) is 6.12. The van der Waals surface area contributed by atoms with Crippen molar-refractivity contribution >= 4 is 15.9 Å². The second-order valence-corrected chi connectivity index (χ2v) is 4.91. The van der Waals surface area contributed by atoms with E-state index in [0.29, 0.717) is 5.92 Å². The molecule has 0 saturated heterocycles. The standard InChI is InChI=1S/C9H12BrNO/c1-9(2)7(8(9)11)6-3-5(10)4-12-6/h3-4,7-8H,11H2,1-2H3/t7-,8-/m0/s1. The molecule has 2 rings (SSSR count). The lowest BCUT2D eigenvalue weighted by Gasteiger charge is -1.96. The third kappa shape index (κ3) is 1.04. The molecule has 3 heteroatoms. The summed E-state index contributed by atoms with van der Waals surface area (Å²) in [7, 11) is 0. The van der Waals surface area contributed by atoms with Gasteiger partial charge in [-0.3, -0.25) is 0 Å². The maximum Gasteiger partial charge on any atom is 0.110 e. The fourth-order valence-electron chi connectivity index (χ4n) is 1.71. The molecule has 66 valence electrons. The SMILES string of the molecule is CC1(C)[C@@H](N)[C@@H]1c1cc(Br)co1. The van der Waals surface area contributed by atoms with Crippen LogP contribution in [0, 0.1) is 5.41 Å². The highest BCUT2D eigenvalue weighted by molar-refractivity contribution is 9.10. The first-order chi connectivity index (χ1) is 5.53. The monoisotopic (exact) mass is 229 g/mol. The second kappa shape index (κ2) is 2.36. The van der Waals surface area contributed by atoms with Crippen molar-refractivity contribution in [1.29, 1.82) is 0 Å². The highest BCUT2D eigenvalue weighted by Gasteiger charge is 2.57. The van der Waals surface area contributed by atoms with Gasteiger partial charge in [-0.15, -0.1) is 0 Å². The van der Waals surface area contributed by atoms with Gasteiger partial charge in [-0.1, -0.05) is 13.8 Å². The first-order valence-electron chi connectivity index (χ1n) is 4.03. The maximum absolute atomic E-state index is 5.91. The molecule has 0 radical (unpaired) electrons. The summed E-state index contributed by atoms with van der Waals surface area (Å²) in [5, 5.41) is 0. The van der Waals surface area contributed by atoms with Crippen LogP contribution >= 0.6 is 15.9 Å². The van der Waals surface area contributed by atoms with Crippen LogP contribution in [0.25, 0.3) is 0 Å². The lowest BCUT2D eigenvalue weighted by molar-refractivity contribution is 0.481. The molecule has 0 aromatic carbocycles. The molecule has 2 atom stereocenters. The number of halogens is 1. The third-order valence-corrected chi connectivity index (χ3v) is 3.22. The largest absolute Gasteiger partial charge is 0.468 e. The molecule has 0 aliphatic heterocycles. The molecule has 12 heavy (non-hydrogen) atoms. The van der Waals surface area contributed by atoms with Crippen molar-refractivity contribution in [2.24, 2.45) is 11.1 Å². The van der Waals surface area contributed by atoms with E-state index in [9.17, 15) is 0 Å². The van der Waals surface area contributed by atoms with Gasteiger partial charge in [-0.2, -0.15) is 0 Å². The highest BCUT2D eigenvalue weighted by atomic mass is 79.9. The molecular weight excluding hydrogens is 218 g/mol. The number of hydrogen-bond acceptors (Lipinski definition) is 2. The van der Waals surface area contributed by atoms with Crippen LogP contribution in [0.5, 0.6) is 0 Å². The van der Waals surface area contributed by atoms with E-state index < -0.39 is 0 Å². The Labute approximate surface area is 80.3 Å². The lowest BCUT2D eigenvalue weighted by atomic mass is 10.1. The second-order valence-electron chi connectivity index (χ2n) is 3.99. The molecule has 1 fully saturated rings. The Morgan fingerprint density at radius 1 is 1.58 bits per heavy atom. The number of nitrogens with two attached hydrogens (primary N) is 1. The predicted octanol–water partition coefficient (Wildman–Crippen LogP) is 2.49. The molecule has 0 bridgehead atoms. The van der Waals surface area contributed by atoms with Gasteiger partial charge in [0, 0.05) is 12.0 Å². The fourth-order valence-corrected chi connectivity index (χ4v) is 2.03. The predicted molar refractivity (Wildman–Crippen MR) is 50.9 cm³/mol. The van der Waals surface area contributed by atoms with Gasteiger partial charge in [0.25, 0.3) is 0 Å². The fraction of sp³-hybridized carbons (Fsp3) is 0.556. The summed E-state index contributed by atoms with van der Waals surface area (Å²) in [6, 6.07) is 2.25. The van der Waals surface area contributed by atoms with Crippen molar-refractivity contribution in [3.8, 4) is 0 Å². The zero-order chi connectivity index (χ0) is 8.93. The van der Waals surface area contributed by atoms with Crippen molar-refractivity contribution in [2.45, 2.75) is 25.8 Å². The minimum atomic E-state index is 0.206. The van der Waals surface area contributed by atoms with Gasteiger partial charge in [0.1, 0.15) is 12.0 Å². The molecule has 2 nitrogen and oxygen atoms in total. The van der Waals surface area contributed by atoms with E-state index in [0.717, 1.165) is 10.2 Å². The van der Waals surface area contributed by atoms with E-state index in [4.69, 9.17) is 10.2 Å². The van der Waals surface area contributed by atoms with E-state index in [1.54, 1.807) is 6.26 Å². The normalized spacial score (nSPS) is 32.0. The summed E-state index contributed by atoms with van der Waals surface area (Å²) in [6.07, 6.45) is 1.70. The Balaban J connectivity index is 2.24. The molecule has 0 unspecified atom stereocenters. The Bertz CT molecular complexity index is 305. The maximum atomic E-state index is 5.91. The van der Waals surface area contributed by atoms with E-state index in [1.807, 2.05) is 6.07 Å². The highest BCUT2D eigenvalue weighted by Crippen LogP contribution is 2.57. The number of rotatable bonds is 1. The zero-order valence-electron chi connectivity index (χ0n) is 7.17. The minimum Gasteiger partial charge on any atom is -0.468 e. The molecule has 1 saturated carbocycles. The van der Waals surface area contributed by atoms with Crippen LogP contribution < -0.4 is 5.73 Å². The molecule has 0 spiro atoms. The molecule has 2 N–H and O–H groups in total. The summed E-state index contributed by atoms with van der Waals surface area (Å²) < 4.78 is 6.36. The Morgan fingerprint density at radius 2 is 2.17 bits per heavy atom. The first kappa shape index (κ1) is 8.32. The van der Waals surface area contributed by atoms with Gasteiger partial charge in [0.05, 0.1) is 4.47 Å². The summed E-state index contributed by atoms with van der Waals surface area (Å²) in [5.74, 6) is 1.39. The van der Waals surface area contributed by atoms with E-state index >= 15 is 0 Å². The Kier molecular flexibility index (Phi) is 1.64. The van der Waals surface area contributed by atoms with Gasteiger partial charge < -0.3 is 10.2 Å². The quantitative estimate of drug-likeness (QED) is 0.804. The van der Waals surface area contributed by atoms with Crippen LogP contribution in [0.2, 0.25) is 0 Å². The topological polar surface area (TPSA) is 39.2 Å². The summed E-state index contributed by atoms with van der Waals surface area (Å²) in [6.45, 7) is 4.33. The van der Waals surface area contributed by atoms with Gasteiger partial charge in [0.15, 0.2) is 0 Å². The molecule has 1 aliphatic rings.